The third-order valence-corrected chi connectivity index (χ3v) is 3.00. The first kappa shape index (κ1) is 15.7. The highest BCUT2D eigenvalue weighted by Crippen LogP contribution is 2.15. The molecule has 1 aromatic carbocycles. The summed E-state index contributed by atoms with van der Waals surface area (Å²) in [5, 5.41) is 3.55. The predicted molar refractivity (Wildman–Crippen MR) is 81.9 cm³/mol. The molecule has 0 saturated carbocycles. The van der Waals surface area contributed by atoms with Gasteiger partial charge in [0.05, 0.1) is 0 Å². The van der Waals surface area contributed by atoms with E-state index in [4.69, 9.17) is 0 Å². The van der Waals surface area contributed by atoms with Crippen LogP contribution in [0.4, 0.5) is 5.69 Å². The van der Waals surface area contributed by atoms with Gasteiger partial charge < -0.3 is 10.2 Å². The fraction of sp³-hybridized carbons (Fsp3) is 0.562. The highest BCUT2D eigenvalue weighted by atomic mass is 16.1. The molecule has 1 N–H and O–H groups in total. The topological polar surface area (TPSA) is 32.3 Å². The Hall–Kier alpha value is -1.35. The second-order valence-corrected chi connectivity index (χ2v) is 5.87. The summed E-state index contributed by atoms with van der Waals surface area (Å²) < 4.78 is 0. The summed E-state index contributed by atoms with van der Waals surface area (Å²) in [6, 6.07) is 8.16. The number of anilines is 1. The van der Waals surface area contributed by atoms with Crippen molar-refractivity contribution in [3.8, 4) is 0 Å². The fourth-order valence-electron chi connectivity index (χ4n) is 2.23. The molecular formula is C16H26N2O. The summed E-state index contributed by atoms with van der Waals surface area (Å²) in [6.45, 7) is 7.08. The minimum atomic E-state index is 0.110. The van der Waals surface area contributed by atoms with Crippen LogP contribution in [0.1, 0.15) is 37.6 Å². The number of benzene rings is 1. The fourth-order valence-corrected chi connectivity index (χ4v) is 2.23. The quantitative estimate of drug-likeness (QED) is 0.765. The van der Waals surface area contributed by atoms with Gasteiger partial charge in [-0.3, -0.25) is 4.79 Å². The second-order valence-electron chi connectivity index (χ2n) is 5.87. The van der Waals surface area contributed by atoms with Gasteiger partial charge in [0, 0.05) is 23.8 Å². The zero-order chi connectivity index (χ0) is 14.4. The number of likely N-dealkylation sites (N-methyl/N-ethyl adjacent to an activating group) is 1. The summed E-state index contributed by atoms with van der Waals surface area (Å²) >= 11 is 0. The maximum Gasteiger partial charge on any atom is 0.159 e. The van der Waals surface area contributed by atoms with E-state index in [-0.39, 0.29) is 5.78 Å². The van der Waals surface area contributed by atoms with Gasteiger partial charge >= 0.3 is 0 Å². The van der Waals surface area contributed by atoms with Crippen molar-refractivity contribution >= 4 is 11.5 Å². The molecule has 3 nitrogen and oxygen atoms in total. The molecule has 3 heteroatoms. The van der Waals surface area contributed by atoms with Gasteiger partial charge in [0.25, 0.3) is 0 Å². The first-order valence-electron chi connectivity index (χ1n) is 6.90. The molecule has 0 aliphatic rings. The van der Waals surface area contributed by atoms with Crippen molar-refractivity contribution in [3.05, 3.63) is 29.8 Å². The molecule has 1 unspecified atom stereocenters. The SMILES string of the molecule is CC(=O)c1ccc(NC(CC(C)C)CN(C)C)cc1. The molecule has 0 spiro atoms. The van der Waals surface area contributed by atoms with Crippen molar-refractivity contribution in [1.29, 1.82) is 0 Å². The maximum absolute atomic E-state index is 11.2. The van der Waals surface area contributed by atoms with Crippen LogP contribution in [0.15, 0.2) is 24.3 Å². The van der Waals surface area contributed by atoms with Crippen molar-refractivity contribution in [2.45, 2.75) is 33.2 Å². The van der Waals surface area contributed by atoms with E-state index < -0.39 is 0 Å². The van der Waals surface area contributed by atoms with Crippen molar-refractivity contribution in [1.82, 2.24) is 4.90 Å². The molecule has 0 aliphatic heterocycles. The van der Waals surface area contributed by atoms with E-state index in [2.05, 4.69) is 38.2 Å². The number of Topliss-reactive ketones (excluding diaryl/α,β-unsaturated/α-hetero) is 1. The molecule has 106 valence electrons. The number of ketones is 1. The summed E-state index contributed by atoms with van der Waals surface area (Å²) in [6.07, 6.45) is 1.13. The Morgan fingerprint density at radius 1 is 1.21 bits per heavy atom. The molecule has 0 radical (unpaired) electrons. The lowest BCUT2D eigenvalue weighted by Crippen LogP contribution is -2.33. The molecule has 1 atom stereocenters. The van der Waals surface area contributed by atoms with Gasteiger partial charge in [0.1, 0.15) is 0 Å². The third kappa shape index (κ3) is 5.88. The molecule has 0 aliphatic carbocycles. The van der Waals surface area contributed by atoms with Crippen molar-refractivity contribution in [2.75, 3.05) is 26.0 Å². The number of nitrogens with zero attached hydrogens (tertiary/aromatic N) is 1. The molecular weight excluding hydrogens is 236 g/mol. The summed E-state index contributed by atoms with van der Waals surface area (Å²) in [7, 11) is 4.18. The van der Waals surface area contributed by atoms with Crippen molar-refractivity contribution in [3.63, 3.8) is 0 Å². The van der Waals surface area contributed by atoms with Crippen LogP contribution in [0.25, 0.3) is 0 Å². The van der Waals surface area contributed by atoms with Gasteiger partial charge in [-0.25, -0.2) is 0 Å². The number of rotatable bonds is 7. The maximum atomic E-state index is 11.2. The molecule has 0 aromatic heterocycles. The summed E-state index contributed by atoms with van der Waals surface area (Å²) in [4.78, 5) is 13.4. The van der Waals surface area contributed by atoms with Crippen LogP contribution in [0.2, 0.25) is 0 Å². The number of carbonyl (C=O) groups is 1. The molecule has 19 heavy (non-hydrogen) atoms. The van der Waals surface area contributed by atoms with Gasteiger partial charge in [-0.15, -0.1) is 0 Å². The first-order chi connectivity index (χ1) is 8.88. The van der Waals surface area contributed by atoms with Gasteiger partial charge in [0.15, 0.2) is 5.78 Å². The molecule has 0 bridgehead atoms. The predicted octanol–water partition coefficient (Wildman–Crippen LogP) is 3.28. The Bertz CT molecular complexity index is 386. The van der Waals surface area contributed by atoms with E-state index in [9.17, 15) is 4.79 Å². The summed E-state index contributed by atoms with van der Waals surface area (Å²) in [5.41, 5.74) is 1.84. The number of hydrogen-bond acceptors (Lipinski definition) is 3. The molecule has 0 heterocycles. The van der Waals surface area contributed by atoms with Gasteiger partial charge in [0.2, 0.25) is 0 Å². The van der Waals surface area contributed by atoms with E-state index in [1.54, 1.807) is 6.92 Å². The van der Waals surface area contributed by atoms with Crippen LogP contribution < -0.4 is 5.32 Å². The van der Waals surface area contributed by atoms with E-state index in [0.717, 1.165) is 24.2 Å². The van der Waals surface area contributed by atoms with Crippen LogP contribution in [0.3, 0.4) is 0 Å². The van der Waals surface area contributed by atoms with E-state index in [1.165, 1.54) is 0 Å². The monoisotopic (exact) mass is 262 g/mol. The largest absolute Gasteiger partial charge is 0.381 e. The van der Waals surface area contributed by atoms with Crippen LogP contribution in [0.5, 0.6) is 0 Å². The Balaban J connectivity index is 2.69. The van der Waals surface area contributed by atoms with E-state index >= 15 is 0 Å². The zero-order valence-corrected chi connectivity index (χ0v) is 12.7. The van der Waals surface area contributed by atoms with Crippen molar-refractivity contribution < 1.29 is 4.79 Å². The molecule has 0 amide bonds. The zero-order valence-electron chi connectivity index (χ0n) is 12.7. The lowest BCUT2D eigenvalue weighted by atomic mass is 10.0. The number of hydrogen-bond donors (Lipinski definition) is 1. The number of nitrogens with one attached hydrogen (secondary N) is 1. The molecule has 0 saturated heterocycles. The van der Waals surface area contributed by atoms with E-state index in [1.807, 2.05) is 24.3 Å². The Morgan fingerprint density at radius 2 is 1.79 bits per heavy atom. The van der Waals surface area contributed by atoms with Crippen molar-refractivity contribution in [2.24, 2.45) is 5.92 Å². The third-order valence-electron chi connectivity index (χ3n) is 3.00. The van der Waals surface area contributed by atoms with Crippen LogP contribution in [-0.2, 0) is 0 Å². The normalized spacial score (nSPS) is 12.8. The van der Waals surface area contributed by atoms with Crippen LogP contribution in [-0.4, -0.2) is 37.4 Å². The number of carbonyl (C=O) groups excluding carboxylic acids is 1. The molecule has 1 aromatic rings. The Morgan fingerprint density at radius 3 is 2.21 bits per heavy atom. The highest BCUT2D eigenvalue weighted by Gasteiger charge is 2.12. The first-order valence-corrected chi connectivity index (χ1v) is 6.90. The Labute approximate surface area is 117 Å². The van der Waals surface area contributed by atoms with Gasteiger partial charge in [-0.1, -0.05) is 13.8 Å². The lowest BCUT2D eigenvalue weighted by Gasteiger charge is -2.25. The average molecular weight is 262 g/mol. The van der Waals surface area contributed by atoms with Gasteiger partial charge in [-0.05, 0) is 57.6 Å². The van der Waals surface area contributed by atoms with Crippen LogP contribution in [0, 0.1) is 5.92 Å². The molecule has 0 fully saturated rings. The minimum Gasteiger partial charge on any atom is -0.381 e. The second kappa shape index (κ2) is 7.29. The smallest absolute Gasteiger partial charge is 0.159 e. The minimum absolute atomic E-state index is 0.110. The standard InChI is InChI=1S/C16H26N2O/c1-12(2)10-16(11-18(4)5)17-15-8-6-14(7-9-15)13(3)19/h6-9,12,16-17H,10-11H2,1-5H3. The average Bonchev–Trinajstić information content (AvgIpc) is 2.27. The highest BCUT2D eigenvalue weighted by molar-refractivity contribution is 5.94. The summed E-state index contributed by atoms with van der Waals surface area (Å²) in [5.74, 6) is 0.771. The Kier molecular flexibility index (Phi) is 6.03. The van der Waals surface area contributed by atoms with Crippen LogP contribution >= 0.6 is 0 Å². The van der Waals surface area contributed by atoms with Gasteiger partial charge in [-0.2, -0.15) is 0 Å². The molecule has 1 rings (SSSR count). The van der Waals surface area contributed by atoms with E-state index in [0.29, 0.717) is 12.0 Å². The lowest BCUT2D eigenvalue weighted by molar-refractivity contribution is 0.101.